The number of hydrogen-bond donors (Lipinski definition) is 2. The third-order valence-corrected chi connectivity index (χ3v) is 3.50. The summed E-state index contributed by atoms with van der Waals surface area (Å²) in [5, 5.41) is 6.04. The van der Waals surface area contributed by atoms with Gasteiger partial charge < -0.3 is 24.8 Å². The van der Waals surface area contributed by atoms with Crippen LogP contribution in [0, 0.1) is 0 Å². The van der Waals surface area contributed by atoms with Gasteiger partial charge in [-0.05, 0) is 24.6 Å². The van der Waals surface area contributed by atoms with Gasteiger partial charge in [0.1, 0.15) is 0 Å². The second-order valence-electron chi connectivity index (χ2n) is 5.26. The Morgan fingerprint density at radius 3 is 2.56 bits per heavy atom. The van der Waals surface area contributed by atoms with Gasteiger partial charge in [-0.3, -0.25) is 9.78 Å². The Balaban J connectivity index is 2.03. The van der Waals surface area contributed by atoms with Crippen LogP contribution < -0.4 is 20.1 Å². The highest BCUT2D eigenvalue weighted by molar-refractivity contribution is 6.04. The van der Waals surface area contributed by atoms with E-state index in [1.807, 2.05) is 0 Å². The third-order valence-electron chi connectivity index (χ3n) is 3.50. The maximum absolute atomic E-state index is 12.4. The van der Waals surface area contributed by atoms with Gasteiger partial charge in [-0.25, -0.2) is 0 Å². The van der Waals surface area contributed by atoms with E-state index in [4.69, 9.17) is 14.2 Å². The number of carbonyl (C=O) groups is 1. The fraction of sp³-hybridized carbons (Fsp3) is 0.333. The summed E-state index contributed by atoms with van der Waals surface area (Å²) in [6.07, 6.45) is 4.08. The number of rotatable bonds is 9. The summed E-state index contributed by atoms with van der Waals surface area (Å²) >= 11 is 0. The minimum absolute atomic E-state index is 0.250. The summed E-state index contributed by atoms with van der Waals surface area (Å²) in [6.45, 7) is 1.43. The highest BCUT2D eigenvalue weighted by Crippen LogP contribution is 2.29. The predicted octanol–water partition coefficient (Wildman–Crippen LogP) is 2.80. The molecule has 25 heavy (non-hydrogen) atoms. The van der Waals surface area contributed by atoms with Gasteiger partial charge in [0.15, 0.2) is 11.5 Å². The van der Waals surface area contributed by atoms with Gasteiger partial charge in [0.05, 0.1) is 25.5 Å². The third kappa shape index (κ3) is 5.36. The number of ether oxygens (including phenoxy) is 3. The van der Waals surface area contributed by atoms with Gasteiger partial charge in [0, 0.05) is 44.4 Å². The quantitative estimate of drug-likeness (QED) is 0.680. The number of benzene rings is 1. The Hall–Kier alpha value is -2.80. The summed E-state index contributed by atoms with van der Waals surface area (Å²) in [4.78, 5) is 16.5. The maximum atomic E-state index is 12.4. The Kier molecular flexibility index (Phi) is 7.03. The van der Waals surface area contributed by atoms with Crippen LogP contribution in [0.1, 0.15) is 16.8 Å². The first-order valence-corrected chi connectivity index (χ1v) is 7.89. The van der Waals surface area contributed by atoms with Crippen molar-refractivity contribution in [2.45, 2.75) is 6.42 Å². The Morgan fingerprint density at radius 2 is 1.84 bits per heavy atom. The summed E-state index contributed by atoms with van der Waals surface area (Å²) in [5.74, 6) is 0.900. The van der Waals surface area contributed by atoms with Gasteiger partial charge in [0.2, 0.25) is 0 Å². The number of methoxy groups -OCH3 is 3. The number of aromatic nitrogens is 1. The second kappa shape index (κ2) is 9.48. The van der Waals surface area contributed by atoms with Crippen LogP contribution in [0.2, 0.25) is 0 Å². The van der Waals surface area contributed by atoms with Crippen molar-refractivity contribution in [2.24, 2.45) is 0 Å². The Morgan fingerprint density at radius 1 is 1.04 bits per heavy atom. The van der Waals surface area contributed by atoms with E-state index in [1.54, 1.807) is 51.8 Å². The van der Waals surface area contributed by atoms with E-state index in [0.717, 1.165) is 18.7 Å². The summed E-state index contributed by atoms with van der Waals surface area (Å²) < 4.78 is 15.4. The number of nitrogens with zero attached hydrogens (tertiary/aromatic N) is 1. The molecule has 1 aromatic carbocycles. The summed E-state index contributed by atoms with van der Waals surface area (Å²) in [6, 6.07) is 6.95. The van der Waals surface area contributed by atoms with Gasteiger partial charge in [-0.15, -0.1) is 0 Å². The largest absolute Gasteiger partial charge is 0.493 e. The van der Waals surface area contributed by atoms with Crippen LogP contribution in [-0.2, 0) is 4.74 Å². The van der Waals surface area contributed by atoms with E-state index in [9.17, 15) is 4.79 Å². The highest BCUT2D eigenvalue weighted by Gasteiger charge is 2.10. The smallest absolute Gasteiger partial charge is 0.257 e. The lowest BCUT2D eigenvalue weighted by Gasteiger charge is -2.11. The van der Waals surface area contributed by atoms with Crippen molar-refractivity contribution in [1.29, 1.82) is 0 Å². The van der Waals surface area contributed by atoms with Crippen molar-refractivity contribution in [1.82, 2.24) is 4.98 Å². The Bertz CT molecular complexity index is 706. The highest BCUT2D eigenvalue weighted by atomic mass is 16.5. The second-order valence-corrected chi connectivity index (χ2v) is 5.26. The zero-order valence-electron chi connectivity index (χ0n) is 14.7. The molecule has 0 bridgehead atoms. The van der Waals surface area contributed by atoms with Crippen LogP contribution in [0.4, 0.5) is 11.4 Å². The molecule has 0 aliphatic carbocycles. The van der Waals surface area contributed by atoms with E-state index in [-0.39, 0.29) is 5.91 Å². The molecule has 1 amide bonds. The molecule has 0 saturated heterocycles. The van der Waals surface area contributed by atoms with E-state index in [2.05, 4.69) is 15.6 Å². The molecule has 7 heteroatoms. The molecule has 2 aromatic rings. The number of hydrogen-bond acceptors (Lipinski definition) is 6. The number of carbonyl (C=O) groups excluding carboxylic acids is 1. The monoisotopic (exact) mass is 345 g/mol. The lowest BCUT2D eigenvalue weighted by molar-refractivity contribution is 0.102. The van der Waals surface area contributed by atoms with Crippen molar-refractivity contribution < 1.29 is 19.0 Å². The molecule has 1 heterocycles. The zero-order valence-corrected chi connectivity index (χ0v) is 14.7. The topological polar surface area (TPSA) is 81.7 Å². The lowest BCUT2D eigenvalue weighted by atomic mass is 10.2. The van der Waals surface area contributed by atoms with Crippen LogP contribution in [0.15, 0.2) is 36.7 Å². The first kappa shape index (κ1) is 18.5. The van der Waals surface area contributed by atoms with Crippen LogP contribution >= 0.6 is 0 Å². The molecule has 2 N–H and O–H groups in total. The Labute approximate surface area is 147 Å². The molecular weight excluding hydrogens is 322 g/mol. The average Bonchev–Trinajstić information content (AvgIpc) is 2.65. The first-order valence-electron chi connectivity index (χ1n) is 7.89. The molecule has 0 atom stereocenters. The predicted molar refractivity (Wildman–Crippen MR) is 96.7 cm³/mol. The normalized spacial score (nSPS) is 10.2. The molecule has 1 aromatic heterocycles. The molecule has 0 aliphatic rings. The molecule has 0 saturated carbocycles. The van der Waals surface area contributed by atoms with Crippen molar-refractivity contribution in [3.63, 3.8) is 0 Å². The van der Waals surface area contributed by atoms with Crippen LogP contribution in [-0.4, -0.2) is 45.4 Å². The van der Waals surface area contributed by atoms with Crippen LogP contribution in [0.25, 0.3) is 0 Å². The molecule has 0 unspecified atom stereocenters. The van der Waals surface area contributed by atoms with E-state index in [0.29, 0.717) is 29.4 Å². The molecule has 7 nitrogen and oxygen atoms in total. The van der Waals surface area contributed by atoms with E-state index >= 15 is 0 Å². The number of nitrogens with one attached hydrogen (secondary N) is 2. The first-order chi connectivity index (χ1) is 12.2. The van der Waals surface area contributed by atoms with Gasteiger partial charge in [-0.2, -0.15) is 0 Å². The fourth-order valence-electron chi connectivity index (χ4n) is 2.23. The van der Waals surface area contributed by atoms with Crippen molar-refractivity contribution in [3.05, 3.63) is 42.2 Å². The molecule has 0 spiro atoms. The molecular formula is C18H23N3O4. The van der Waals surface area contributed by atoms with Gasteiger partial charge in [-0.1, -0.05) is 0 Å². The lowest BCUT2D eigenvalue weighted by Crippen LogP contribution is -2.13. The van der Waals surface area contributed by atoms with Crippen LogP contribution in [0.5, 0.6) is 11.5 Å². The zero-order chi connectivity index (χ0) is 18.1. The van der Waals surface area contributed by atoms with Crippen molar-refractivity contribution in [3.8, 4) is 11.5 Å². The van der Waals surface area contributed by atoms with Crippen LogP contribution in [0.3, 0.4) is 0 Å². The fourth-order valence-corrected chi connectivity index (χ4v) is 2.23. The van der Waals surface area contributed by atoms with E-state index in [1.165, 1.54) is 6.20 Å². The molecule has 0 radical (unpaired) electrons. The number of anilines is 2. The molecule has 0 fully saturated rings. The molecule has 2 rings (SSSR count). The SMILES string of the molecule is COCCCNc1cncc(C(=O)Nc2ccc(OC)c(OC)c2)c1. The minimum Gasteiger partial charge on any atom is -0.493 e. The molecule has 0 aliphatic heterocycles. The van der Waals surface area contributed by atoms with Gasteiger partial charge in [0.25, 0.3) is 5.91 Å². The van der Waals surface area contributed by atoms with Crippen molar-refractivity contribution in [2.75, 3.05) is 45.1 Å². The summed E-state index contributed by atoms with van der Waals surface area (Å²) in [5.41, 5.74) is 1.86. The summed E-state index contributed by atoms with van der Waals surface area (Å²) in [7, 11) is 4.78. The maximum Gasteiger partial charge on any atom is 0.257 e. The number of amides is 1. The average molecular weight is 345 g/mol. The minimum atomic E-state index is -0.250. The molecule has 134 valence electrons. The van der Waals surface area contributed by atoms with Gasteiger partial charge >= 0.3 is 0 Å². The standard InChI is InChI=1S/C18H23N3O4/c1-23-8-4-7-20-15-9-13(11-19-12-15)18(22)21-14-5-6-16(24-2)17(10-14)25-3/h5-6,9-12,20H,4,7-8H2,1-3H3,(H,21,22). The van der Waals surface area contributed by atoms with Crippen molar-refractivity contribution >= 4 is 17.3 Å². The van der Waals surface area contributed by atoms with E-state index < -0.39 is 0 Å². The number of pyridine rings is 1.